The lowest BCUT2D eigenvalue weighted by molar-refractivity contribution is 0.104. The Morgan fingerprint density at radius 1 is 0.967 bits per heavy atom. The molecule has 0 unspecified atom stereocenters. The van der Waals surface area contributed by atoms with E-state index >= 15 is 0 Å². The van der Waals surface area contributed by atoms with Gasteiger partial charge in [-0.05, 0) is 41.5 Å². The fourth-order valence-electron chi connectivity index (χ4n) is 3.05. The molecule has 0 amide bonds. The topological polar surface area (TPSA) is 44.8 Å². The molecule has 1 aliphatic rings. The van der Waals surface area contributed by atoms with Gasteiger partial charge in [-0.15, -0.1) is 0 Å². The van der Waals surface area contributed by atoms with E-state index in [0.717, 1.165) is 11.1 Å². The number of hydrogen-bond donors (Lipinski definition) is 0. The van der Waals surface area contributed by atoms with E-state index in [0.29, 0.717) is 41.0 Å². The van der Waals surface area contributed by atoms with Crippen molar-refractivity contribution in [3.8, 4) is 17.2 Å². The number of fused-ring (bicyclic) bond motifs is 1. The summed E-state index contributed by atoms with van der Waals surface area (Å²) in [6, 6.07) is 18.3. The van der Waals surface area contributed by atoms with Crippen LogP contribution in [0.25, 0.3) is 6.08 Å². The van der Waals surface area contributed by atoms with Crippen LogP contribution in [0, 0.1) is 0 Å². The number of rotatable bonds is 6. The van der Waals surface area contributed by atoms with E-state index in [1.807, 2.05) is 48.5 Å². The Hall–Kier alpha value is -2.95. The van der Waals surface area contributed by atoms with Crippen LogP contribution in [-0.2, 0) is 6.61 Å². The maximum Gasteiger partial charge on any atom is 0.189 e. The molecular formula is C24H18Cl2O4. The van der Waals surface area contributed by atoms with Gasteiger partial charge < -0.3 is 14.2 Å². The van der Waals surface area contributed by atoms with Crippen molar-refractivity contribution in [2.75, 3.05) is 13.2 Å². The first-order chi connectivity index (χ1) is 14.6. The minimum Gasteiger partial charge on any atom is -0.487 e. The number of ketones is 1. The maximum absolute atomic E-state index is 12.9. The average Bonchev–Trinajstić information content (AvgIpc) is 2.77. The molecule has 0 aromatic heterocycles. The minimum absolute atomic E-state index is 0.266. The van der Waals surface area contributed by atoms with E-state index in [1.165, 1.54) is 6.08 Å². The number of halogens is 2. The van der Waals surface area contributed by atoms with Crippen LogP contribution < -0.4 is 14.2 Å². The zero-order valence-electron chi connectivity index (χ0n) is 15.9. The standard InChI is InChI=1S/C24H18Cl2O4/c25-18-13-19(24(20(26)14-18)30-15-17-4-2-1-3-5-17)21(27)8-6-16-7-9-22-23(12-16)29-11-10-28-22/h1-9,12-14H,10-11,15H2/b8-6+. The quantitative estimate of drug-likeness (QED) is 0.336. The molecule has 0 fully saturated rings. The van der Waals surface area contributed by atoms with Crippen molar-refractivity contribution >= 4 is 35.1 Å². The van der Waals surface area contributed by atoms with E-state index in [1.54, 1.807) is 18.2 Å². The van der Waals surface area contributed by atoms with Gasteiger partial charge in [-0.3, -0.25) is 4.79 Å². The summed E-state index contributed by atoms with van der Waals surface area (Å²) in [5, 5.41) is 0.651. The highest BCUT2D eigenvalue weighted by Crippen LogP contribution is 2.34. The monoisotopic (exact) mass is 440 g/mol. The SMILES string of the molecule is O=C(/C=C/c1ccc2c(c1)OCCO2)c1cc(Cl)cc(Cl)c1OCc1ccccc1. The second-order valence-electron chi connectivity index (χ2n) is 6.64. The predicted molar refractivity (Wildman–Crippen MR) is 118 cm³/mol. The Morgan fingerprint density at radius 3 is 2.53 bits per heavy atom. The third kappa shape index (κ3) is 4.78. The fraction of sp³-hybridized carbons (Fsp3) is 0.125. The van der Waals surface area contributed by atoms with Gasteiger partial charge in [0.05, 0.1) is 10.6 Å². The summed E-state index contributed by atoms with van der Waals surface area (Å²) in [4.78, 5) is 12.9. The van der Waals surface area contributed by atoms with Gasteiger partial charge in [0.1, 0.15) is 25.6 Å². The van der Waals surface area contributed by atoms with Crippen LogP contribution in [0.3, 0.4) is 0 Å². The lowest BCUT2D eigenvalue weighted by Gasteiger charge is -2.18. The third-order valence-corrected chi connectivity index (χ3v) is 4.99. The highest BCUT2D eigenvalue weighted by Gasteiger charge is 2.16. The highest BCUT2D eigenvalue weighted by atomic mass is 35.5. The molecule has 30 heavy (non-hydrogen) atoms. The molecule has 0 saturated heterocycles. The first kappa shape index (κ1) is 20.3. The molecule has 1 heterocycles. The summed E-state index contributed by atoms with van der Waals surface area (Å²) in [5.41, 5.74) is 2.08. The third-order valence-electron chi connectivity index (χ3n) is 4.49. The number of benzene rings is 3. The molecule has 0 saturated carbocycles. The van der Waals surface area contributed by atoms with Gasteiger partial charge in [-0.2, -0.15) is 0 Å². The number of carbonyl (C=O) groups is 1. The Bertz CT molecular complexity index is 1090. The Kier molecular flexibility index (Phi) is 6.26. The normalized spacial score (nSPS) is 12.7. The molecule has 0 aliphatic carbocycles. The van der Waals surface area contributed by atoms with Crippen molar-refractivity contribution in [1.82, 2.24) is 0 Å². The Balaban J connectivity index is 1.56. The number of allylic oxidation sites excluding steroid dienone is 1. The molecule has 1 aliphatic heterocycles. The van der Waals surface area contributed by atoms with Crippen LogP contribution in [-0.4, -0.2) is 19.0 Å². The van der Waals surface area contributed by atoms with E-state index in [9.17, 15) is 4.79 Å². The average molecular weight is 441 g/mol. The largest absolute Gasteiger partial charge is 0.487 e. The minimum atomic E-state index is -0.266. The molecule has 0 atom stereocenters. The molecule has 3 aromatic rings. The van der Waals surface area contributed by atoms with Gasteiger partial charge in [0.2, 0.25) is 0 Å². The number of ether oxygens (including phenoxy) is 3. The second kappa shape index (κ2) is 9.24. The Labute approximate surface area is 184 Å². The molecule has 0 bridgehead atoms. The van der Waals surface area contributed by atoms with Crippen LogP contribution in [0.15, 0.2) is 66.7 Å². The maximum atomic E-state index is 12.9. The van der Waals surface area contributed by atoms with Gasteiger partial charge in [0, 0.05) is 5.02 Å². The molecule has 4 nitrogen and oxygen atoms in total. The van der Waals surface area contributed by atoms with Crippen molar-refractivity contribution in [1.29, 1.82) is 0 Å². The molecular weight excluding hydrogens is 423 g/mol. The molecule has 4 rings (SSSR count). The van der Waals surface area contributed by atoms with Crippen molar-refractivity contribution in [3.63, 3.8) is 0 Å². The van der Waals surface area contributed by atoms with Gasteiger partial charge in [-0.25, -0.2) is 0 Å². The van der Waals surface area contributed by atoms with Crippen LogP contribution in [0.1, 0.15) is 21.5 Å². The predicted octanol–water partition coefficient (Wildman–Crippen LogP) is 6.24. The first-order valence-electron chi connectivity index (χ1n) is 9.38. The van der Waals surface area contributed by atoms with E-state index in [2.05, 4.69) is 0 Å². The summed E-state index contributed by atoms with van der Waals surface area (Å²) in [6.07, 6.45) is 3.17. The summed E-state index contributed by atoms with van der Waals surface area (Å²) in [5.74, 6) is 1.40. The summed E-state index contributed by atoms with van der Waals surface area (Å²) >= 11 is 12.5. The zero-order valence-corrected chi connectivity index (χ0v) is 17.5. The molecule has 0 radical (unpaired) electrons. The molecule has 6 heteroatoms. The second-order valence-corrected chi connectivity index (χ2v) is 7.48. The van der Waals surface area contributed by atoms with Crippen molar-refractivity contribution in [2.24, 2.45) is 0 Å². The van der Waals surface area contributed by atoms with E-state index in [4.69, 9.17) is 37.4 Å². The fourth-order valence-corrected chi connectivity index (χ4v) is 3.59. The van der Waals surface area contributed by atoms with Gasteiger partial charge in [0.15, 0.2) is 17.3 Å². The van der Waals surface area contributed by atoms with Crippen molar-refractivity contribution in [2.45, 2.75) is 6.61 Å². The smallest absolute Gasteiger partial charge is 0.189 e. The van der Waals surface area contributed by atoms with Crippen LogP contribution in [0.2, 0.25) is 10.0 Å². The van der Waals surface area contributed by atoms with Gasteiger partial charge in [0.25, 0.3) is 0 Å². The molecule has 0 N–H and O–H groups in total. The lowest BCUT2D eigenvalue weighted by atomic mass is 10.1. The van der Waals surface area contributed by atoms with E-state index in [-0.39, 0.29) is 17.4 Å². The summed E-state index contributed by atoms with van der Waals surface area (Å²) in [6.45, 7) is 1.32. The Morgan fingerprint density at radius 2 is 1.73 bits per heavy atom. The molecule has 0 spiro atoms. The summed E-state index contributed by atoms with van der Waals surface area (Å²) < 4.78 is 17.0. The van der Waals surface area contributed by atoms with E-state index < -0.39 is 0 Å². The van der Waals surface area contributed by atoms with Crippen LogP contribution in [0.4, 0.5) is 0 Å². The molecule has 152 valence electrons. The summed E-state index contributed by atoms with van der Waals surface area (Å²) in [7, 11) is 0. The van der Waals surface area contributed by atoms with Crippen LogP contribution >= 0.6 is 23.2 Å². The number of carbonyl (C=O) groups excluding carboxylic acids is 1. The van der Waals surface area contributed by atoms with Gasteiger partial charge >= 0.3 is 0 Å². The highest BCUT2D eigenvalue weighted by molar-refractivity contribution is 6.36. The van der Waals surface area contributed by atoms with Gasteiger partial charge in [-0.1, -0.05) is 65.7 Å². The lowest BCUT2D eigenvalue weighted by Crippen LogP contribution is -2.15. The molecule has 3 aromatic carbocycles. The van der Waals surface area contributed by atoms with Crippen molar-refractivity contribution in [3.05, 3.63) is 93.5 Å². The zero-order chi connectivity index (χ0) is 20.9. The number of hydrogen-bond acceptors (Lipinski definition) is 4. The van der Waals surface area contributed by atoms with Crippen molar-refractivity contribution < 1.29 is 19.0 Å². The first-order valence-corrected chi connectivity index (χ1v) is 10.1. The van der Waals surface area contributed by atoms with Crippen LogP contribution in [0.5, 0.6) is 17.2 Å².